The molecule has 5 heterocycles. The van der Waals surface area contributed by atoms with E-state index < -0.39 is 5.97 Å². The highest BCUT2D eigenvalue weighted by molar-refractivity contribution is 6.04. The molecule has 2 fully saturated rings. The van der Waals surface area contributed by atoms with Crippen LogP contribution >= 0.6 is 0 Å². The van der Waals surface area contributed by atoms with Gasteiger partial charge in [-0.1, -0.05) is 54.6 Å². The topological polar surface area (TPSA) is 94.3 Å². The Balaban J connectivity index is 1.18. The highest BCUT2D eigenvalue weighted by Gasteiger charge is 2.45. The summed E-state index contributed by atoms with van der Waals surface area (Å²) < 4.78 is 22.5. The largest absolute Gasteiger partial charge is 0.493 e. The summed E-state index contributed by atoms with van der Waals surface area (Å²) in [7, 11) is 1.99. The quantitative estimate of drug-likeness (QED) is 0.146. The van der Waals surface area contributed by atoms with Crippen LogP contribution in [0.15, 0.2) is 60.7 Å². The maximum absolute atomic E-state index is 13.1. The van der Waals surface area contributed by atoms with Crippen molar-refractivity contribution in [3.63, 3.8) is 0 Å². The number of aromatic nitrogens is 3. The third-order valence-electron chi connectivity index (χ3n) is 10.1. The number of carboxylic acid groups (broad SMARTS) is 1. The zero-order valence-electron chi connectivity index (χ0n) is 27.0. The zero-order valence-corrected chi connectivity index (χ0v) is 27.0. The van der Waals surface area contributed by atoms with Gasteiger partial charge in [-0.15, -0.1) is 0 Å². The molecule has 1 N–H and O–H groups in total. The van der Waals surface area contributed by atoms with Crippen LogP contribution in [0.4, 0.5) is 0 Å². The summed E-state index contributed by atoms with van der Waals surface area (Å²) in [6.07, 6.45) is 6.93. The number of epoxide rings is 1. The number of carbonyl (C=O) groups is 1. The number of nitrogens with zero attached hydrogens (tertiary/aromatic N) is 4. The van der Waals surface area contributed by atoms with Gasteiger partial charge in [-0.05, 0) is 62.0 Å². The van der Waals surface area contributed by atoms with Crippen molar-refractivity contribution < 1.29 is 24.1 Å². The minimum absolute atomic E-state index is 0.162. The Kier molecular flexibility index (Phi) is 8.21. The van der Waals surface area contributed by atoms with Gasteiger partial charge >= 0.3 is 5.97 Å². The van der Waals surface area contributed by atoms with Gasteiger partial charge in [-0.3, -0.25) is 9.58 Å². The first-order valence-corrected chi connectivity index (χ1v) is 17.1. The first kappa shape index (κ1) is 30.2. The number of fused-ring (bicyclic) bond motifs is 4. The van der Waals surface area contributed by atoms with Crippen molar-refractivity contribution in [2.75, 3.05) is 19.8 Å². The lowest BCUT2D eigenvalue weighted by Gasteiger charge is -2.19. The predicted molar refractivity (Wildman–Crippen MR) is 181 cm³/mol. The summed E-state index contributed by atoms with van der Waals surface area (Å²) in [5, 5.41) is 19.0. The molecular formula is C38H42N4O5. The van der Waals surface area contributed by atoms with Gasteiger partial charge in [0.2, 0.25) is 0 Å². The zero-order chi connectivity index (χ0) is 31.9. The van der Waals surface area contributed by atoms with Crippen LogP contribution in [0.1, 0.15) is 66.0 Å². The summed E-state index contributed by atoms with van der Waals surface area (Å²) in [6.45, 7) is 3.85. The Morgan fingerprint density at radius 2 is 1.83 bits per heavy atom. The normalized spacial score (nSPS) is 19.9. The fraction of sp³-hybridized carbons (Fsp3) is 0.421. The van der Waals surface area contributed by atoms with Gasteiger partial charge in [-0.2, -0.15) is 5.10 Å². The van der Waals surface area contributed by atoms with E-state index in [1.54, 1.807) is 0 Å². The van der Waals surface area contributed by atoms with Gasteiger partial charge in [0.05, 0.1) is 36.2 Å². The van der Waals surface area contributed by atoms with Gasteiger partial charge < -0.3 is 23.9 Å². The maximum atomic E-state index is 13.1. The summed E-state index contributed by atoms with van der Waals surface area (Å²) >= 11 is 0. The first-order valence-electron chi connectivity index (χ1n) is 17.1. The monoisotopic (exact) mass is 634 g/mol. The standard InChI is InChI=1S/C38H42N4O5/c1-40-31-24-45-21-7-6-20-42-35-27(14-9-15-29(35)34(31)30(39-40)23-41-19-5-4-17-33-37(41)47-33)28(36(42)38(43)44)16-10-22-46-32-18-8-12-25-11-2-3-13-26(25)32/h2-3,8-9,11-15,18,33,37H,4-7,10,16-17,19-24H2,1H3,(H,43,44). The van der Waals surface area contributed by atoms with Crippen molar-refractivity contribution in [2.45, 2.75) is 77.0 Å². The molecule has 8 rings (SSSR count). The average molecular weight is 635 g/mol. The number of hydrogen-bond acceptors (Lipinski definition) is 6. The molecular weight excluding hydrogens is 592 g/mol. The molecule has 0 spiro atoms. The number of benzene rings is 3. The van der Waals surface area contributed by atoms with Crippen LogP contribution in [0.2, 0.25) is 0 Å². The number of ether oxygens (including phenoxy) is 3. The first-order chi connectivity index (χ1) is 23.1. The van der Waals surface area contributed by atoms with Gasteiger partial charge in [0.15, 0.2) is 0 Å². The molecule has 3 aliphatic heterocycles. The molecule has 9 heteroatoms. The minimum Gasteiger partial charge on any atom is -0.493 e. The highest BCUT2D eigenvalue weighted by Crippen LogP contribution is 2.41. The number of hydrogen-bond donors (Lipinski definition) is 1. The number of aromatic carboxylic acids is 1. The Morgan fingerprint density at radius 3 is 2.74 bits per heavy atom. The molecule has 0 radical (unpaired) electrons. The number of likely N-dealkylation sites (tertiary alicyclic amines) is 1. The van der Waals surface area contributed by atoms with Crippen molar-refractivity contribution >= 4 is 27.6 Å². The van der Waals surface area contributed by atoms with Crippen LogP contribution in [0.5, 0.6) is 5.75 Å². The van der Waals surface area contributed by atoms with Crippen molar-refractivity contribution in [1.82, 2.24) is 19.2 Å². The number of aryl methyl sites for hydroxylation is 3. The lowest BCUT2D eigenvalue weighted by atomic mass is 9.97. The van der Waals surface area contributed by atoms with Crippen LogP contribution in [0.25, 0.3) is 32.8 Å². The predicted octanol–water partition coefficient (Wildman–Crippen LogP) is 6.93. The van der Waals surface area contributed by atoms with E-state index >= 15 is 0 Å². The average Bonchev–Trinajstić information content (AvgIpc) is 3.74. The van der Waals surface area contributed by atoms with Crippen molar-refractivity contribution in [1.29, 1.82) is 0 Å². The van der Waals surface area contributed by atoms with Gasteiger partial charge in [0, 0.05) is 55.2 Å². The van der Waals surface area contributed by atoms with E-state index in [1.807, 2.05) is 36.0 Å². The molecule has 0 aliphatic carbocycles. The molecule has 9 nitrogen and oxygen atoms in total. The van der Waals surface area contributed by atoms with Gasteiger partial charge in [0.25, 0.3) is 0 Å². The Morgan fingerprint density at radius 1 is 1.00 bits per heavy atom. The van der Waals surface area contributed by atoms with Crippen molar-refractivity contribution in [2.24, 2.45) is 7.05 Å². The van der Waals surface area contributed by atoms with Crippen LogP contribution < -0.4 is 4.74 Å². The molecule has 2 unspecified atom stereocenters. The molecule has 2 atom stereocenters. The van der Waals surface area contributed by atoms with E-state index in [2.05, 4.69) is 45.9 Å². The number of carboxylic acids is 1. The molecule has 244 valence electrons. The van der Waals surface area contributed by atoms with Crippen LogP contribution in [-0.2, 0) is 42.6 Å². The van der Waals surface area contributed by atoms with Gasteiger partial charge in [-0.25, -0.2) is 4.79 Å². The summed E-state index contributed by atoms with van der Waals surface area (Å²) in [6, 6.07) is 20.6. The van der Waals surface area contributed by atoms with E-state index in [0.29, 0.717) is 57.5 Å². The number of rotatable bonds is 8. The third kappa shape index (κ3) is 5.70. The maximum Gasteiger partial charge on any atom is 0.352 e. The molecule has 0 bridgehead atoms. The van der Waals surface area contributed by atoms with E-state index in [4.69, 9.17) is 19.3 Å². The molecule has 2 saturated heterocycles. The lowest BCUT2D eigenvalue weighted by Crippen LogP contribution is -2.28. The molecule has 47 heavy (non-hydrogen) atoms. The van der Waals surface area contributed by atoms with Gasteiger partial charge in [0.1, 0.15) is 17.7 Å². The van der Waals surface area contributed by atoms with E-state index in [1.165, 1.54) is 6.42 Å². The lowest BCUT2D eigenvalue weighted by molar-refractivity contribution is 0.0683. The Bertz CT molecular complexity index is 1940. The van der Waals surface area contributed by atoms with Crippen LogP contribution in [-0.4, -0.2) is 62.4 Å². The Labute approximate surface area is 274 Å². The molecule has 0 saturated carbocycles. The summed E-state index contributed by atoms with van der Waals surface area (Å²) in [5.74, 6) is -0.0386. The highest BCUT2D eigenvalue weighted by atomic mass is 16.6. The van der Waals surface area contributed by atoms with Crippen molar-refractivity contribution in [3.05, 3.63) is 83.3 Å². The fourth-order valence-electron chi connectivity index (χ4n) is 7.82. The Hall–Kier alpha value is -4.18. The summed E-state index contributed by atoms with van der Waals surface area (Å²) in [4.78, 5) is 15.5. The van der Waals surface area contributed by atoms with Crippen molar-refractivity contribution in [3.8, 4) is 16.9 Å². The molecule has 3 aromatic carbocycles. The van der Waals surface area contributed by atoms with E-state index in [0.717, 1.165) is 87.7 Å². The summed E-state index contributed by atoms with van der Waals surface area (Å²) in [5.41, 5.74) is 6.32. The number of para-hydroxylation sites is 1. The fourth-order valence-corrected chi connectivity index (χ4v) is 7.82. The van der Waals surface area contributed by atoms with E-state index in [-0.39, 0.29) is 6.23 Å². The second-order valence-electron chi connectivity index (χ2n) is 13.1. The van der Waals surface area contributed by atoms with Crippen LogP contribution in [0.3, 0.4) is 0 Å². The second kappa shape index (κ2) is 12.8. The SMILES string of the molecule is Cn1nc(CN2CCCCC3OC32)c2c1COCCCCn1c(C(=O)O)c(CCCOc3cccc4ccccc34)c3cccc-2c31. The minimum atomic E-state index is -0.892. The smallest absolute Gasteiger partial charge is 0.352 e. The molecule has 3 aliphatic rings. The van der Waals surface area contributed by atoms with Crippen LogP contribution in [0, 0.1) is 0 Å². The molecule has 5 aromatic rings. The third-order valence-corrected chi connectivity index (χ3v) is 10.1. The molecule has 2 aromatic heterocycles. The van der Waals surface area contributed by atoms with E-state index in [9.17, 15) is 9.90 Å². The second-order valence-corrected chi connectivity index (χ2v) is 13.1. The molecule has 0 amide bonds.